The van der Waals surface area contributed by atoms with Crippen LogP contribution in [0.25, 0.3) is 0 Å². The van der Waals surface area contributed by atoms with Crippen molar-refractivity contribution in [3.63, 3.8) is 0 Å². The number of allylic oxidation sites excluding steroid dienone is 1. The van der Waals surface area contributed by atoms with Crippen LogP contribution in [0.15, 0.2) is 16.5 Å². The van der Waals surface area contributed by atoms with Crippen molar-refractivity contribution in [3.05, 3.63) is 11.5 Å². The molecule has 0 atom stereocenters. The molecule has 0 aliphatic rings. The molecule has 1 nitrogen and oxygen atoms in total. The third kappa shape index (κ3) is 5.85. The molecule has 44 valence electrons. The first kappa shape index (κ1) is 7.85. The third-order valence-corrected chi connectivity index (χ3v) is 1.19. The maximum Gasteiger partial charge on any atom is 0.0904 e. The molecule has 0 N–H and O–H groups in total. The van der Waals surface area contributed by atoms with Crippen molar-refractivity contribution in [1.29, 1.82) is 0 Å². The summed E-state index contributed by atoms with van der Waals surface area (Å²) in [5.74, 6) is 0. The quantitative estimate of drug-likeness (QED) is 0.343. The first-order chi connectivity index (χ1) is 3.91. The van der Waals surface area contributed by atoms with E-state index in [2.05, 4.69) is 17.2 Å². The second kappa shape index (κ2) is 6.85. The molecule has 0 fully saturated rings. The minimum absolute atomic E-state index is 1.34. The highest BCUT2D eigenvalue weighted by Gasteiger charge is 1.64. The molecular weight excluding hydrogens is 138 g/mol. The van der Waals surface area contributed by atoms with Crippen LogP contribution in [0, 0.1) is 0 Å². The predicted octanol–water partition coefficient (Wildman–Crippen LogP) is 2.24. The molecule has 0 aromatic carbocycles. The van der Waals surface area contributed by atoms with Crippen LogP contribution in [-0.4, -0.2) is 11.0 Å². The van der Waals surface area contributed by atoms with Crippen LogP contribution in [0.3, 0.4) is 0 Å². The zero-order valence-electron chi connectivity index (χ0n) is 4.57. The molecule has 0 aliphatic heterocycles. The minimum Gasteiger partial charge on any atom is -0.246 e. The maximum absolute atomic E-state index is 4.44. The molecule has 0 rings (SSSR count). The summed E-state index contributed by atoms with van der Waals surface area (Å²) in [4.78, 5) is 3.69. The molecule has 3 heteroatoms. The van der Waals surface area contributed by atoms with E-state index >= 15 is 0 Å². The summed E-state index contributed by atoms with van der Waals surface area (Å²) in [6.07, 6.45) is 1.94. The lowest BCUT2D eigenvalue weighted by Crippen LogP contribution is -1.57. The van der Waals surface area contributed by atoms with Gasteiger partial charge >= 0.3 is 0 Å². The van der Waals surface area contributed by atoms with Crippen LogP contribution in [-0.2, 0) is 0 Å². The number of aliphatic imine (C=N–C) groups is 1. The normalized spacial score (nSPS) is 11.1. The van der Waals surface area contributed by atoms with Crippen LogP contribution in [0.5, 0.6) is 0 Å². The summed E-state index contributed by atoms with van der Waals surface area (Å²) in [7, 11) is 0. The smallest absolute Gasteiger partial charge is 0.0904 e. The van der Waals surface area contributed by atoms with E-state index in [9.17, 15) is 0 Å². The van der Waals surface area contributed by atoms with Gasteiger partial charge in [0, 0.05) is 0 Å². The Morgan fingerprint density at radius 1 is 1.62 bits per heavy atom. The van der Waals surface area contributed by atoms with Crippen LogP contribution in [0.1, 0.15) is 6.92 Å². The Labute approximate surface area is 58.9 Å². The van der Waals surface area contributed by atoms with Crippen LogP contribution in [0.2, 0.25) is 0 Å². The van der Waals surface area contributed by atoms with Gasteiger partial charge in [-0.25, -0.2) is 4.99 Å². The molecule has 0 saturated heterocycles. The number of thioether (sulfide) groups is 1. The summed E-state index contributed by atoms with van der Waals surface area (Å²) >= 11 is 5.95. The lowest BCUT2D eigenvalue weighted by molar-refractivity contribution is 1.79. The van der Waals surface area contributed by atoms with E-state index in [1.54, 1.807) is 5.55 Å². The summed E-state index contributed by atoms with van der Waals surface area (Å²) in [6, 6.07) is 0. The van der Waals surface area contributed by atoms with Gasteiger partial charge in [0.15, 0.2) is 0 Å². The molecule has 8 heavy (non-hydrogen) atoms. The van der Waals surface area contributed by atoms with E-state index in [-0.39, 0.29) is 0 Å². The second-order valence-corrected chi connectivity index (χ2v) is 1.93. The average Bonchev–Trinajstić information content (AvgIpc) is 1.81. The van der Waals surface area contributed by atoms with Gasteiger partial charge in [0.2, 0.25) is 0 Å². The highest BCUT2D eigenvalue weighted by molar-refractivity contribution is 8.14. The van der Waals surface area contributed by atoms with Crippen LogP contribution >= 0.6 is 24.0 Å². The van der Waals surface area contributed by atoms with Gasteiger partial charge in [0.1, 0.15) is 0 Å². The first-order valence-corrected chi connectivity index (χ1v) is 3.55. The molecule has 0 amide bonds. The largest absolute Gasteiger partial charge is 0.246 e. The van der Waals surface area contributed by atoms with E-state index in [0.29, 0.717) is 0 Å². The fraction of sp³-hybridized carbons (Fsp3) is 0.200. The predicted molar refractivity (Wildman–Crippen MR) is 44.6 cm³/mol. The molecule has 0 bridgehead atoms. The molecule has 0 saturated carbocycles. The highest BCUT2D eigenvalue weighted by atomic mass is 32.2. The summed E-state index contributed by atoms with van der Waals surface area (Å²) < 4.78 is 0. The number of rotatable bonds is 3. The lowest BCUT2D eigenvalue weighted by Gasteiger charge is -1.73. The van der Waals surface area contributed by atoms with Crippen molar-refractivity contribution in [2.75, 3.05) is 0 Å². The van der Waals surface area contributed by atoms with E-state index in [0.717, 1.165) is 0 Å². The molecule has 0 unspecified atom stereocenters. The highest BCUT2D eigenvalue weighted by Crippen LogP contribution is 1.94. The Morgan fingerprint density at radius 3 is 2.88 bits per heavy atom. The Morgan fingerprint density at radius 2 is 2.38 bits per heavy atom. The van der Waals surface area contributed by atoms with Crippen molar-refractivity contribution in [2.24, 2.45) is 4.99 Å². The molecule has 0 spiro atoms. The molecular formula is C5H7NS2. The van der Waals surface area contributed by atoms with Gasteiger partial charge in [0.25, 0.3) is 0 Å². The Bertz CT molecular complexity index is 107. The number of hydrogen-bond acceptors (Lipinski definition) is 2. The van der Waals surface area contributed by atoms with Crippen molar-refractivity contribution in [2.45, 2.75) is 6.92 Å². The van der Waals surface area contributed by atoms with Gasteiger partial charge in [-0.1, -0.05) is 30.1 Å². The summed E-state index contributed by atoms with van der Waals surface area (Å²) in [5.41, 5.74) is 3.03. The second-order valence-electron chi connectivity index (χ2n) is 0.965. The molecule has 0 heterocycles. The van der Waals surface area contributed by atoms with Gasteiger partial charge in [-0.15, -0.1) is 0 Å². The van der Waals surface area contributed by atoms with Crippen LogP contribution < -0.4 is 0 Å². The Kier molecular flexibility index (Phi) is 6.72. The van der Waals surface area contributed by atoms with Crippen molar-refractivity contribution < 1.29 is 0 Å². The van der Waals surface area contributed by atoms with Gasteiger partial charge < -0.3 is 0 Å². The molecule has 0 aromatic heterocycles. The van der Waals surface area contributed by atoms with E-state index < -0.39 is 0 Å². The molecule has 0 radical (unpaired) electrons. The summed E-state index contributed by atoms with van der Waals surface area (Å²) in [5, 5.41) is 1.93. The van der Waals surface area contributed by atoms with E-state index in [4.69, 9.17) is 0 Å². The zero-order chi connectivity index (χ0) is 6.24. The van der Waals surface area contributed by atoms with Gasteiger partial charge in [0.05, 0.1) is 11.0 Å². The fourth-order valence-electron chi connectivity index (χ4n) is 0.174. The number of hydrogen-bond donors (Lipinski definition) is 0. The van der Waals surface area contributed by atoms with Crippen molar-refractivity contribution in [3.8, 4) is 0 Å². The monoisotopic (exact) mass is 145 g/mol. The van der Waals surface area contributed by atoms with Gasteiger partial charge in [-0.05, 0) is 12.3 Å². The number of thiocarbonyl (C=S) groups is 1. The van der Waals surface area contributed by atoms with Gasteiger partial charge in [-0.3, -0.25) is 0 Å². The first-order valence-electron chi connectivity index (χ1n) is 2.13. The fourth-order valence-corrected chi connectivity index (χ4v) is 0.670. The Balaban J connectivity index is 3.15. The standard InChI is InChI=1S/C5H7NS2/c1-2-3-8-5-6-4-7/h2-5H,1H3/b3-2-,6-5?. The van der Waals surface area contributed by atoms with E-state index in [1.165, 1.54) is 17.3 Å². The topological polar surface area (TPSA) is 12.4 Å². The molecule has 0 aliphatic carbocycles. The SMILES string of the molecule is C/C=C\SC=NC=S. The van der Waals surface area contributed by atoms with Crippen molar-refractivity contribution >= 4 is 35.0 Å². The zero-order valence-corrected chi connectivity index (χ0v) is 6.21. The lowest BCUT2D eigenvalue weighted by atomic mass is 10.8. The maximum atomic E-state index is 4.44. The minimum atomic E-state index is 1.34. The third-order valence-electron chi connectivity index (χ3n) is 0.397. The van der Waals surface area contributed by atoms with Crippen LogP contribution in [0.4, 0.5) is 0 Å². The molecule has 0 aromatic rings. The number of nitrogens with zero attached hydrogens (tertiary/aromatic N) is 1. The van der Waals surface area contributed by atoms with E-state index in [1.807, 2.05) is 18.4 Å². The average molecular weight is 145 g/mol. The Hall–Kier alpha value is -0.150. The van der Waals surface area contributed by atoms with Crippen molar-refractivity contribution in [1.82, 2.24) is 0 Å². The summed E-state index contributed by atoms with van der Waals surface area (Å²) in [6.45, 7) is 1.96. The van der Waals surface area contributed by atoms with Gasteiger partial charge in [-0.2, -0.15) is 0 Å².